The van der Waals surface area contributed by atoms with Crippen LogP contribution < -0.4 is 4.74 Å². The SMILES string of the molecule is COc1ccc(/C(O)=C2\C(=O)C(=O)N(CCCN(C)C)[C@@H]2c2ccccn2)cc1. The Kier molecular flexibility index (Phi) is 6.29. The molecule has 1 amide bonds. The summed E-state index contributed by atoms with van der Waals surface area (Å²) in [6.45, 7) is 1.17. The molecule has 0 bridgehead atoms. The third-order valence-corrected chi connectivity index (χ3v) is 4.88. The van der Waals surface area contributed by atoms with Crippen LogP contribution in [0.3, 0.4) is 0 Å². The van der Waals surface area contributed by atoms with E-state index in [1.54, 1.807) is 55.8 Å². The van der Waals surface area contributed by atoms with Gasteiger partial charge in [0.25, 0.3) is 11.7 Å². The van der Waals surface area contributed by atoms with E-state index in [0.29, 0.717) is 30.0 Å². The zero-order valence-corrected chi connectivity index (χ0v) is 16.8. The van der Waals surface area contributed by atoms with Gasteiger partial charge in [0, 0.05) is 18.3 Å². The van der Waals surface area contributed by atoms with E-state index in [1.807, 2.05) is 19.0 Å². The summed E-state index contributed by atoms with van der Waals surface area (Å²) in [5.41, 5.74) is 1.05. The Hall–Kier alpha value is -3.19. The fourth-order valence-electron chi connectivity index (χ4n) is 3.42. The molecule has 0 saturated carbocycles. The number of Topliss-reactive ketones (excluding diaryl/α,β-unsaturated/α-hetero) is 1. The summed E-state index contributed by atoms with van der Waals surface area (Å²) in [5, 5.41) is 10.9. The van der Waals surface area contributed by atoms with Crippen LogP contribution in [0.2, 0.25) is 0 Å². The lowest BCUT2D eigenvalue weighted by molar-refractivity contribution is -0.140. The van der Waals surface area contributed by atoms with Gasteiger partial charge in [-0.1, -0.05) is 6.07 Å². The standard InChI is InChI=1S/C22H25N3O4/c1-24(2)13-6-14-25-19(17-7-4-5-12-23-17)18(21(27)22(25)28)20(26)15-8-10-16(29-3)11-9-15/h4-5,7-12,19,26H,6,13-14H2,1-3H3/b20-18+/t19-/m1/s1. The van der Waals surface area contributed by atoms with Crippen molar-refractivity contribution >= 4 is 17.4 Å². The summed E-state index contributed by atoms with van der Waals surface area (Å²) in [6.07, 6.45) is 2.31. The highest BCUT2D eigenvalue weighted by Gasteiger charge is 2.46. The van der Waals surface area contributed by atoms with E-state index >= 15 is 0 Å². The Morgan fingerprint density at radius 2 is 1.90 bits per heavy atom. The lowest BCUT2D eigenvalue weighted by Gasteiger charge is -2.25. The van der Waals surface area contributed by atoms with Crippen LogP contribution >= 0.6 is 0 Å². The van der Waals surface area contributed by atoms with Crippen molar-refractivity contribution in [3.8, 4) is 5.75 Å². The van der Waals surface area contributed by atoms with Crippen LogP contribution in [0.4, 0.5) is 0 Å². The third-order valence-electron chi connectivity index (χ3n) is 4.88. The molecule has 1 aliphatic rings. The van der Waals surface area contributed by atoms with Gasteiger partial charge in [-0.2, -0.15) is 0 Å². The Labute approximate surface area is 170 Å². The molecule has 1 aliphatic heterocycles. The van der Waals surface area contributed by atoms with Gasteiger partial charge >= 0.3 is 0 Å². The number of methoxy groups -OCH3 is 1. The Morgan fingerprint density at radius 1 is 1.17 bits per heavy atom. The molecule has 1 aromatic carbocycles. The van der Waals surface area contributed by atoms with Gasteiger partial charge in [-0.15, -0.1) is 0 Å². The molecule has 29 heavy (non-hydrogen) atoms. The number of ether oxygens (including phenoxy) is 1. The molecular formula is C22H25N3O4. The third kappa shape index (κ3) is 4.30. The molecule has 7 nitrogen and oxygen atoms in total. The number of pyridine rings is 1. The first-order valence-corrected chi connectivity index (χ1v) is 9.42. The highest BCUT2D eigenvalue weighted by molar-refractivity contribution is 6.46. The quantitative estimate of drug-likeness (QED) is 0.441. The van der Waals surface area contributed by atoms with E-state index in [9.17, 15) is 14.7 Å². The highest BCUT2D eigenvalue weighted by Crippen LogP contribution is 2.38. The average molecular weight is 395 g/mol. The van der Waals surface area contributed by atoms with Gasteiger partial charge in [-0.3, -0.25) is 14.6 Å². The number of carbonyl (C=O) groups is 2. The van der Waals surface area contributed by atoms with Crippen LogP contribution in [0, 0.1) is 0 Å². The summed E-state index contributed by atoms with van der Waals surface area (Å²) in [4.78, 5) is 33.5. The van der Waals surface area contributed by atoms with Crippen molar-refractivity contribution in [2.75, 3.05) is 34.3 Å². The van der Waals surface area contributed by atoms with Gasteiger partial charge < -0.3 is 19.6 Å². The number of aromatic nitrogens is 1. The molecule has 0 unspecified atom stereocenters. The van der Waals surface area contributed by atoms with Crippen molar-refractivity contribution in [1.82, 2.24) is 14.8 Å². The molecule has 0 spiro atoms. The minimum absolute atomic E-state index is 0.0590. The number of benzene rings is 1. The molecule has 1 fully saturated rings. The highest BCUT2D eigenvalue weighted by atomic mass is 16.5. The van der Waals surface area contributed by atoms with Gasteiger partial charge in [-0.05, 0) is 63.5 Å². The van der Waals surface area contributed by atoms with Gasteiger partial charge in [-0.25, -0.2) is 0 Å². The van der Waals surface area contributed by atoms with Crippen molar-refractivity contribution in [2.24, 2.45) is 0 Å². The summed E-state index contributed by atoms with van der Waals surface area (Å²) in [7, 11) is 5.46. The predicted octanol–water partition coefficient (Wildman–Crippen LogP) is 2.46. The number of hydrogen-bond donors (Lipinski definition) is 1. The zero-order valence-electron chi connectivity index (χ0n) is 16.8. The van der Waals surface area contributed by atoms with E-state index in [-0.39, 0.29) is 11.3 Å². The monoisotopic (exact) mass is 395 g/mol. The summed E-state index contributed by atoms with van der Waals surface area (Å²) in [6, 6.07) is 11.3. The topological polar surface area (TPSA) is 83.0 Å². The van der Waals surface area contributed by atoms with Crippen molar-refractivity contribution in [1.29, 1.82) is 0 Å². The second-order valence-electron chi connectivity index (χ2n) is 7.13. The molecule has 0 radical (unpaired) electrons. The summed E-state index contributed by atoms with van der Waals surface area (Å²) >= 11 is 0. The number of ketones is 1. The molecule has 1 atom stereocenters. The number of hydrogen-bond acceptors (Lipinski definition) is 6. The van der Waals surface area contributed by atoms with Gasteiger partial charge in [0.1, 0.15) is 17.6 Å². The van der Waals surface area contributed by atoms with Crippen LogP contribution in [-0.4, -0.2) is 65.9 Å². The Bertz CT molecular complexity index is 907. The van der Waals surface area contributed by atoms with Crippen LogP contribution in [0.5, 0.6) is 5.75 Å². The molecule has 3 rings (SSSR count). The maximum atomic E-state index is 12.9. The van der Waals surface area contributed by atoms with Crippen LogP contribution in [0.25, 0.3) is 5.76 Å². The van der Waals surface area contributed by atoms with Crippen LogP contribution in [0.1, 0.15) is 23.7 Å². The number of amides is 1. The average Bonchev–Trinajstić information content (AvgIpc) is 2.98. The van der Waals surface area contributed by atoms with Crippen molar-refractivity contribution in [3.63, 3.8) is 0 Å². The molecular weight excluding hydrogens is 370 g/mol. The normalized spacial score (nSPS) is 18.5. The first-order chi connectivity index (χ1) is 13.9. The smallest absolute Gasteiger partial charge is 0.295 e. The zero-order chi connectivity index (χ0) is 21.0. The predicted molar refractivity (Wildman–Crippen MR) is 109 cm³/mol. The molecule has 7 heteroatoms. The second-order valence-corrected chi connectivity index (χ2v) is 7.13. The van der Waals surface area contributed by atoms with Crippen LogP contribution in [0.15, 0.2) is 54.2 Å². The van der Waals surface area contributed by atoms with E-state index in [1.165, 1.54) is 4.90 Å². The first-order valence-electron chi connectivity index (χ1n) is 9.42. The molecule has 2 aromatic rings. The van der Waals surface area contributed by atoms with E-state index in [0.717, 1.165) is 6.54 Å². The number of aliphatic hydroxyl groups is 1. The van der Waals surface area contributed by atoms with E-state index in [4.69, 9.17) is 4.74 Å². The molecule has 2 heterocycles. The number of likely N-dealkylation sites (tertiary alicyclic amines) is 1. The number of carbonyl (C=O) groups excluding carboxylic acids is 2. The first kappa shape index (κ1) is 20.5. The molecule has 0 aliphatic carbocycles. The molecule has 1 saturated heterocycles. The van der Waals surface area contributed by atoms with Gasteiger partial charge in [0.15, 0.2) is 0 Å². The molecule has 152 valence electrons. The summed E-state index contributed by atoms with van der Waals surface area (Å²) in [5.74, 6) is -0.892. The number of aliphatic hydroxyl groups excluding tert-OH is 1. The maximum Gasteiger partial charge on any atom is 0.295 e. The largest absolute Gasteiger partial charge is 0.507 e. The van der Waals surface area contributed by atoms with E-state index in [2.05, 4.69) is 4.98 Å². The minimum Gasteiger partial charge on any atom is -0.507 e. The van der Waals surface area contributed by atoms with Crippen LogP contribution in [-0.2, 0) is 9.59 Å². The van der Waals surface area contributed by atoms with Gasteiger partial charge in [0.05, 0.1) is 18.4 Å². The fourth-order valence-corrected chi connectivity index (χ4v) is 3.42. The summed E-state index contributed by atoms with van der Waals surface area (Å²) < 4.78 is 5.14. The van der Waals surface area contributed by atoms with E-state index < -0.39 is 17.7 Å². The number of rotatable bonds is 7. The van der Waals surface area contributed by atoms with Gasteiger partial charge in [0.2, 0.25) is 0 Å². The molecule has 1 aromatic heterocycles. The maximum absolute atomic E-state index is 12.9. The fraction of sp³-hybridized carbons (Fsp3) is 0.318. The Balaban J connectivity index is 2.05. The second kappa shape index (κ2) is 8.87. The molecule has 1 N–H and O–H groups in total. The number of nitrogens with zero attached hydrogens (tertiary/aromatic N) is 3. The van der Waals surface area contributed by atoms with Crippen molar-refractivity contribution in [2.45, 2.75) is 12.5 Å². The van der Waals surface area contributed by atoms with Crippen molar-refractivity contribution in [3.05, 3.63) is 65.5 Å². The Morgan fingerprint density at radius 3 is 2.48 bits per heavy atom. The minimum atomic E-state index is -0.722. The lowest BCUT2D eigenvalue weighted by Crippen LogP contribution is -2.32. The van der Waals surface area contributed by atoms with Crippen molar-refractivity contribution < 1.29 is 19.4 Å². The lowest BCUT2D eigenvalue weighted by atomic mass is 9.98.